The first-order valence-electron chi connectivity index (χ1n) is 7.10. The van der Waals surface area contributed by atoms with Crippen molar-refractivity contribution in [3.8, 4) is 17.6 Å². The highest BCUT2D eigenvalue weighted by Gasteiger charge is 2.23. The molecule has 7 heteroatoms. The Hall–Kier alpha value is -1.19. The summed E-state index contributed by atoms with van der Waals surface area (Å²) in [6.45, 7) is 5.10. The van der Waals surface area contributed by atoms with E-state index in [9.17, 15) is 0 Å². The molecule has 3 rings (SSSR count). The fraction of sp³-hybridized carbons (Fsp3) is 0.533. The zero-order valence-electron chi connectivity index (χ0n) is 12.3. The van der Waals surface area contributed by atoms with E-state index in [1.54, 1.807) is 0 Å². The lowest BCUT2D eigenvalue weighted by atomic mass is 10.0. The van der Waals surface area contributed by atoms with Gasteiger partial charge in [0.2, 0.25) is 0 Å². The maximum absolute atomic E-state index is 9.12. The number of nitrogens with zero attached hydrogens (tertiary/aromatic N) is 2. The van der Waals surface area contributed by atoms with E-state index < -0.39 is 0 Å². The van der Waals surface area contributed by atoms with Crippen molar-refractivity contribution in [2.75, 3.05) is 39.4 Å². The minimum absolute atomic E-state index is 0. The molecule has 0 spiro atoms. The standard InChI is InChI=1S/C15H19N3O2.2ClH/c16-4-3-13(18-7-5-17-6-8-18)12-1-2-14-15(11-12)20-10-9-19-14;;/h1-2,11,13,17H,3,5-10H2;2*1H/t13-;;/m0../s1. The van der Waals surface area contributed by atoms with Gasteiger partial charge >= 0.3 is 0 Å². The lowest BCUT2D eigenvalue weighted by Gasteiger charge is -2.34. The molecule has 1 saturated heterocycles. The molecule has 122 valence electrons. The number of halogens is 2. The minimum atomic E-state index is 0. The molecule has 0 unspecified atom stereocenters. The molecule has 1 N–H and O–H groups in total. The van der Waals surface area contributed by atoms with E-state index in [-0.39, 0.29) is 30.9 Å². The smallest absolute Gasteiger partial charge is 0.161 e. The third kappa shape index (κ3) is 4.17. The van der Waals surface area contributed by atoms with Gasteiger partial charge in [-0.2, -0.15) is 5.26 Å². The second kappa shape index (κ2) is 9.06. The number of nitrogens with one attached hydrogen (secondary N) is 1. The average Bonchev–Trinajstić information content (AvgIpc) is 2.53. The molecule has 2 heterocycles. The minimum Gasteiger partial charge on any atom is -0.486 e. The van der Waals surface area contributed by atoms with Crippen LogP contribution in [0.5, 0.6) is 11.5 Å². The van der Waals surface area contributed by atoms with Crippen LogP contribution in [-0.2, 0) is 0 Å². The van der Waals surface area contributed by atoms with Crippen molar-refractivity contribution in [3.63, 3.8) is 0 Å². The summed E-state index contributed by atoms with van der Waals surface area (Å²) in [4.78, 5) is 2.37. The van der Waals surface area contributed by atoms with Gasteiger partial charge in [-0.25, -0.2) is 0 Å². The summed E-state index contributed by atoms with van der Waals surface area (Å²) in [5.74, 6) is 1.60. The first kappa shape index (κ1) is 18.9. The van der Waals surface area contributed by atoms with Gasteiger partial charge in [0.15, 0.2) is 11.5 Å². The second-order valence-corrected chi connectivity index (χ2v) is 5.07. The summed E-state index contributed by atoms with van der Waals surface area (Å²) in [6.07, 6.45) is 0.500. The molecule has 0 radical (unpaired) electrons. The van der Waals surface area contributed by atoms with E-state index >= 15 is 0 Å². The molecule has 0 bridgehead atoms. The van der Waals surface area contributed by atoms with Gasteiger partial charge in [0.1, 0.15) is 13.2 Å². The van der Waals surface area contributed by atoms with Gasteiger partial charge in [0.05, 0.1) is 12.5 Å². The van der Waals surface area contributed by atoms with Crippen LogP contribution in [0.4, 0.5) is 0 Å². The van der Waals surface area contributed by atoms with Crippen LogP contribution in [0.15, 0.2) is 18.2 Å². The van der Waals surface area contributed by atoms with Crippen LogP contribution in [-0.4, -0.2) is 44.3 Å². The summed E-state index contributed by atoms with van der Waals surface area (Å²) in [5.41, 5.74) is 1.14. The van der Waals surface area contributed by atoms with Crippen LogP contribution in [0.3, 0.4) is 0 Å². The van der Waals surface area contributed by atoms with Gasteiger partial charge in [-0.05, 0) is 17.7 Å². The number of hydrogen-bond acceptors (Lipinski definition) is 5. The Bertz CT molecular complexity index is 516. The number of benzene rings is 1. The Kier molecular flexibility index (Phi) is 7.77. The molecule has 2 aliphatic rings. The third-order valence-electron chi connectivity index (χ3n) is 3.83. The lowest BCUT2D eigenvalue weighted by Crippen LogP contribution is -2.45. The summed E-state index contributed by atoms with van der Waals surface area (Å²) >= 11 is 0. The fourth-order valence-electron chi connectivity index (χ4n) is 2.81. The van der Waals surface area contributed by atoms with Crippen molar-refractivity contribution >= 4 is 24.8 Å². The number of piperazine rings is 1. The van der Waals surface area contributed by atoms with Crippen LogP contribution in [0.1, 0.15) is 18.0 Å². The zero-order valence-corrected chi connectivity index (χ0v) is 13.9. The number of nitriles is 1. The Balaban J connectivity index is 0.00000121. The number of ether oxygens (including phenoxy) is 2. The summed E-state index contributed by atoms with van der Waals surface area (Å²) in [7, 11) is 0. The average molecular weight is 346 g/mol. The van der Waals surface area contributed by atoms with E-state index in [0.29, 0.717) is 19.6 Å². The van der Waals surface area contributed by atoms with Crippen molar-refractivity contribution in [3.05, 3.63) is 23.8 Å². The molecule has 2 aliphatic heterocycles. The molecule has 0 aromatic heterocycles. The predicted molar refractivity (Wildman–Crippen MR) is 89.3 cm³/mol. The monoisotopic (exact) mass is 345 g/mol. The van der Waals surface area contributed by atoms with Gasteiger partial charge in [-0.1, -0.05) is 6.07 Å². The van der Waals surface area contributed by atoms with E-state index in [1.807, 2.05) is 12.1 Å². The van der Waals surface area contributed by atoms with E-state index in [1.165, 1.54) is 0 Å². The van der Waals surface area contributed by atoms with E-state index in [4.69, 9.17) is 14.7 Å². The fourth-order valence-corrected chi connectivity index (χ4v) is 2.81. The lowest BCUT2D eigenvalue weighted by molar-refractivity contribution is 0.165. The van der Waals surface area contributed by atoms with E-state index in [0.717, 1.165) is 43.2 Å². The molecule has 1 fully saturated rings. The van der Waals surface area contributed by atoms with Gasteiger partial charge in [-0.3, -0.25) is 4.90 Å². The van der Waals surface area contributed by atoms with Crippen molar-refractivity contribution in [2.45, 2.75) is 12.5 Å². The SMILES string of the molecule is Cl.Cl.N#CC[C@@H](c1ccc2c(c1)OCCO2)N1CCNCC1. The summed E-state index contributed by atoms with van der Waals surface area (Å²) in [6, 6.07) is 8.48. The van der Waals surface area contributed by atoms with Crippen LogP contribution in [0, 0.1) is 11.3 Å². The summed E-state index contributed by atoms with van der Waals surface area (Å²) < 4.78 is 11.2. The topological polar surface area (TPSA) is 57.5 Å². The molecule has 22 heavy (non-hydrogen) atoms. The molecule has 5 nitrogen and oxygen atoms in total. The molecule has 0 aliphatic carbocycles. The molecule has 0 saturated carbocycles. The Morgan fingerprint density at radius 1 is 1.14 bits per heavy atom. The van der Waals surface area contributed by atoms with Gasteiger partial charge in [0.25, 0.3) is 0 Å². The first-order chi connectivity index (χ1) is 9.88. The van der Waals surface area contributed by atoms with Crippen LogP contribution < -0.4 is 14.8 Å². The van der Waals surface area contributed by atoms with Gasteiger partial charge < -0.3 is 14.8 Å². The van der Waals surface area contributed by atoms with E-state index in [2.05, 4.69) is 22.4 Å². The van der Waals surface area contributed by atoms with Crippen LogP contribution >= 0.6 is 24.8 Å². The predicted octanol–water partition coefficient (Wildman–Crippen LogP) is 2.16. The quantitative estimate of drug-likeness (QED) is 0.909. The molecule has 1 atom stereocenters. The van der Waals surface area contributed by atoms with Crippen molar-refractivity contribution in [2.24, 2.45) is 0 Å². The first-order valence-corrected chi connectivity index (χ1v) is 7.10. The molecule has 0 amide bonds. The molecular formula is C15H21Cl2N3O2. The number of fused-ring (bicyclic) bond motifs is 1. The maximum Gasteiger partial charge on any atom is 0.161 e. The molecule has 1 aromatic rings. The maximum atomic E-state index is 9.12. The number of rotatable bonds is 3. The van der Waals surface area contributed by atoms with Crippen molar-refractivity contribution < 1.29 is 9.47 Å². The van der Waals surface area contributed by atoms with Crippen LogP contribution in [0.25, 0.3) is 0 Å². The van der Waals surface area contributed by atoms with Crippen molar-refractivity contribution in [1.29, 1.82) is 5.26 Å². The second-order valence-electron chi connectivity index (χ2n) is 5.07. The highest BCUT2D eigenvalue weighted by molar-refractivity contribution is 5.85. The number of hydrogen-bond donors (Lipinski definition) is 1. The molecule has 1 aromatic carbocycles. The van der Waals surface area contributed by atoms with Crippen molar-refractivity contribution in [1.82, 2.24) is 10.2 Å². The molecular weight excluding hydrogens is 325 g/mol. The zero-order chi connectivity index (χ0) is 13.8. The van der Waals surface area contributed by atoms with Gasteiger partial charge in [-0.15, -0.1) is 24.8 Å². The van der Waals surface area contributed by atoms with Gasteiger partial charge in [0, 0.05) is 32.2 Å². The normalized spacial score (nSPS) is 18.3. The highest BCUT2D eigenvalue weighted by atomic mass is 35.5. The Morgan fingerprint density at radius 2 is 1.82 bits per heavy atom. The van der Waals surface area contributed by atoms with Crippen LogP contribution in [0.2, 0.25) is 0 Å². The summed E-state index contributed by atoms with van der Waals surface area (Å²) in [5, 5.41) is 12.5. The third-order valence-corrected chi connectivity index (χ3v) is 3.83. The highest BCUT2D eigenvalue weighted by Crippen LogP contribution is 2.35. The Morgan fingerprint density at radius 3 is 2.50 bits per heavy atom. The largest absolute Gasteiger partial charge is 0.486 e. The Labute approximate surface area is 143 Å².